The van der Waals surface area contributed by atoms with Crippen molar-refractivity contribution in [3.05, 3.63) is 40.0 Å². The van der Waals surface area contributed by atoms with Crippen LogP contribution in [0.5, 0.6) is 0 Å². The van der Waals surface area contributed by atoms with Gasteiger partial charge in [0.15, 0.2) is 0 Å². The molecule has 0 atom stereocenters. The SMILES string of the molecule is C=C(C)c1cc([N+](=O)[O-])cc2c1NC(=O)C2(C)C. The summed E-state index contributed by atoms with van der Waals surface area (Å²) >= 11 is 0. The molecule has 0 saturated carbocycles. The van der Waals surface area contributed by atoms with E-state index in [9.17, 15) is 14.9 Å². The van der Waals surface area contributed by atoms with Gasteiger partial charge in [0.2, 0.25) is 5.91 Å². The average Bonchev–Trinajstić information content (AvgIpc) is 2.49. The van der Waals surface area contributed by atoms with Gasteiger partial charge in [-0.15, -0.1) is 0 Å². The molecule has 1 aliphatic heterocycles. The first kappa shape index (κ1) is 12.3. The summed E-state index contributed by atoms with van der Waals surface area (Å²) in [5.41, 5.74) is 1.83. The maximum atomic E-state index is 11.9. The van der Waals surface area contributed by atoms with Crippen LogP contribution in [-0.2, 0) is 10.2 Å². The summed E-state index contributed by atoms with van der Waals surface area (Å²) in [6.45, 7) is 9.06. The number of fused-ring (bicyclic) bond motifs is 1. The van der Waals surface area contributed by atoms with Crippen LogP contribution in [-0.4, -0.2) is 10.8 Å². The van der Waals surface area contributed by atoms with Crippen LogP contribution >= 0.6 is 0 Å². The number of allylic oxidation sites excluding steroid dienone is 1. The van der Waals surface area contributed by atoms with Crippen LogP contribution in [0.1, 0.15) is 31.9 Å². The van der Waals surface area contributed by atoms with Gasteiger partial charge in [-0.3, -0.25) is 14.9 Å². The molecule has 0 saturated heterocycles. The number of rotatable bonds is 2. The van der Waals surface area contributed by atoms with Crippen molar-refractivity contribution in [2.75, 3.05) is 5.32 Å². The normalized spacial score (nSPS) is 16.1. The molecule has 0 aromatic heterocycles. The van der Waals surface area contributed by atoms with Gasteiger partial charge in [0.05, 0.1) is 16.0 Å². The van der Waals surface area contributed by atoms with E-state index in [1.807, 2.05) is 0 Å². The fourth-order valence-corrected chi connectivity index (χ4v) is 2.09. The molecule has 0 aliphatic carbocycles. The smallest absolute Gasteiger partial charge is 0.270 e. The summed E-state index contributed by atoms with van der Waals surface area (Å²) in [4.78, 5) is 22.4. The summed E-state index contributed by atoms with van der Waals surface area (Å²) < 4.78 is 0. The number of hydrogen-bond acceptors (Lipinski definition) is 3. The Morgan fingerprint density at radius 3 is 2.56 bits per heavy atom. The van der Waals surface area contributed by atoms with Gasteiger partial charge in [-0.25, -0.2) is 0 Å². The van der Waals surface area contributed by atoms with E-state index < -0.39 is 10.3 Å². The van der Waals surface area contributed by atoms with Crippen LogP contribution in [0.2, 0.25) is 0 Å². The monoisotopic (exact) mass is 246 g/mol. The number of amides is 1. The standard InChI is InChI=1S/C13H14N2O3/c1-7(2)9-5-8(15(17)18)6-10-11(9)14-12(16)13(10,3)4/h5-6H,1H2,2-4H3,(H,14,16). The van der Waals surface area contributed by atoms with E-state index in [-0.39, 0.29) is 11.6 Å². The molecule has 0 fully saturated rings. The minimum Gasteiger partial charge on any atom is -0.324 e. The second-order valence-electron chi connectivity index (χ2n) is 5.03. The fourth-order valence-electron chi connectivity index (χ4n) is 2.09. The molecule has 0 unspecified atom stereocenters. The first-order valence-corrected chi connectivity index (χ1v) is 5.55. The fraction of sp³-hybridized carbons (Fsp3) is 0.308. The first-order valence-electron chi connectivity index (χ1n) is 5.55. The Labute approximate surface area is 105 Å². The number of nitrogens with one attached hydrogen (secondary N) is 1. The Morgan fingerprint density at radius 2 is 2.06 bits per heavy atom. The number of hydrogen-bond donors (Lipinski definition) is 1. The van der Waals surface area contributed by atoms with E-state index >= 15 is 0 Å². The van der Waals surface area contributed by atoms with E-state index in [0.717, 1.165) is 0 Å². The van der Waals surface area contributed by atoms with Crippen LogP contribution in [0.15, 0.2) is 18.7 Å². The van der Waals surface area contributed by atoms with Crippen molar-refractivity contribution < 1.29 is 9.72 Å². The number of nitro groups is 1. The zero-order chi connectivity index (χ0) is 13.7. The lowest BCUT2D eigenvalue weighted by molar-refractivity contribution is -0.384. The number of carbonyl (C=O) groups excluding carboxylic acids is 1. The van der Waals surface area contributed by atoms with Gasteiger partial charge in [-0.2, -0.15) is 0 Å². The van der Waals surface area contributed by atoms with Gasteiger partial charge in [0, 0.05) is 17.7 Å². The number of nitro benzene ring substituents is 1. The van der Waals surface area contributed by atoms with Crippen LogP contribution in [0.25, 0.3) is 5.57 Å². The number of non-ortho nitro benzene ring substituents is 1. The molecule has 1 aromatic rings. The van der Waals surface area contributed by atoms with Crippen molar-refractivity contribution in [3.63, 3.8) is 0 Å². The molecule has 1 aromatic carbocycles. The molecule has 94 valence electrons. The number of benzene rings is 1. The van der Waals surface area contributed by atoms with Crippen molar-refractivity contribution >= 4 is 22.9 Å². The molecule has 5 nitrogen and oxygen atoms in total. The van der Waals surface area contributed by atoms with Gasteiger partial charge in [-0.1, -0.05) is 6.58 Å². The van der Waals surface area contributed by atoms with E-state index in [4.69, 9.17) is 0 Å². The highest BCUT2D eigenvalue weighted by Crippen LogP contribution is 2.43. The molecule has 0 bridgehead atoms. The van der Waals surface area contributed by atoms with Gasteiger partial charge < -0.3 is 5.32 Å². The van der Waals surface area contributed by atoms with E-state index in [0.29, 0.717) is 22.4 Å². The molecule has 1 aliphatic rings. The van der Waals surface area contributed by atoms with Gasteiger partial charge in [0.1, 0.15) is 0 Å². The molecule has 1 heterocycles. The van der Waals surface area contributed by atoms with Crippen molar-refractivity contribution in [3.8, 4) is 0 Å². The van der Waals surface area contributed by atoms with Gasteiger partial charge in [-0.05, 0) is 31.9 Å². The molecule has 2 rings (SSSR count). The molecule has 0 spiro atoms. The third kappa shape index (κ3) is 1.59. The lowest BCUT2D eigenvalue weighted by atomic mass is 9.84. The molecular formula is C13H14N2O3. The third-order valence-corrected chi connectivity index (χ3v) is 3.27. The highest BCUT2D eigenvalue weighted by Gasteiger charge is 2.40. The van der Waals surface area contributed by atoms with Gasteiger partial charge in [0.25, 0.3) is 5.69 Å². The molecule has 5 heteroatoms. The predicted molar refractivity (Wildman–Crippen MR) is 69.5 cm³/mol. The van der Waals surface area contributed by atoms with Crippen molar-refractivity contribution in [1.29, 1.82) is 0 Å². The van der Waals surface area contributed by atoms with Crippen molar-refractivity contribution in [1.82, 2.24) is 0 Å². The van der Waals surface area contributed by atoms with Gasteiger partial charge >= 0.3 is 0 Å². The van der Waals surface area contributed by atoms with E-state index in [2.05, 4.69) is 11.9 Å². The molecule has 18 heavy (non-hydrogen) atoms. The van der Waals surface area contributed by atoms with Crippen LogP contribution in [0.4, 0.5) is 11.4 Å². The lowest BCUT2D eigenvalue weighted by Gasteiger charge is -2.15. The summed E-state index contributed by atoms with van der Waals surface area (Å²) in [6.07, 6.45) is 0. The Hall–Kier alpha value is -2.17. The molecule has 1 N–H and O–H groups in total. The zero-order valence-electron chi connectivity index (χ0n) is 10.5. The van der Waals surface area contributed by atoms with Crippen molar-refractivity contribution in [2.45, 2.75) is 26.2 Å². The number of nitrogens with zero attached hydrogens (tertiary/aromatic N) is 1. The van der Waals surface area contributed by atoms with Crippen LogP contribution in [0, 0.1) is 10.1 Å². The number of anilines is 1. The lowest BCUT2D eigenvalue weighted by Crippen LogP contribution is -2.26. The highest BCUT2D eigenvalue weighted by molar-refractivity contribution is 6.08. The first-order chi connectivity index (χ1) is 8.25. The largest absolute Gasteiger partial charge is 0.324 e. The van der Waals surface area contributed by atoms with E-state index in [1.165, 1.54) is 12.1 Å². The van der Waals surface area contributed by atoms with Crippen LogP contribution in [0.3, 0.4) is 0 Å². The summed E-state index contributed by atoms with van der Waals surface area (Å²) in [6, 6.07) is 2.91. The highest BCUT2D eigenvalue weighted by atomic mass is 16.6. The third-order valence-electron chi connectivity index (χ3n) is 3.27. The predicted octanol–water partition coefficient (Wildman–Crippen LogP) is 2.86. The van der Waals surface area contributed by atoms with E-state index in [1.54, 1.807) is 20.8 Å². The Balaban J connectivity index is 2.78. The molecule has 0 radical (unpaired) electrons. The second kappa shape index (κ2) is 3.66. The molecule has 1 amide bonds. The quantitative estimate of drug-likeness (QED) is 0.644. The van der Waals surface area contributed by atoms with Crippen LogP contribution < -0.4 is 5.32 Å². The summed E-state index contributed by atoms with van der Waals surface area (Å²) in [5.74, 6) is -0.152. The maximum Gasteiger partial charge on any atom is 0.270 e. The Kier molecular flexibility index (Phi) is 2.50. The summed E-state index contributed by atoms with van der Waals surface area (Å²) in [5, 5.41) is 13.7. The minimum absolute atomic E-state index is 0.0173. The van der Waals surface area contributed by atoms with Crippen molar-refractivity contribution in [2.24, 2.45) is 0 Å². The summed E-state index contributed by atoms with van der Waals surface area (Å²) in [7, 11) is 0. The maximum absolute atomic E-state index is 11.9. The average molecular weight is 246 g/mol. The minimum atomic E-state index is -0.758. The number of carbonyl (C=O) groups is 1. The Morgan fingerprint density at radius 1 is 1.44 bits per heavy atom. The Bertz CT molecular complexity index is 588. The second-order valence-corrected chi connectivity index (χ2v) is 5.03. The molecular weight excluding hydrogens is 232 g/mol. The zero-order valence-corrected chi connectivity index (χ0v) is 10.5. The topological polar surface area (TPSA) is 72.2 Å².